The highest BCUT2D eigenvalue weighted by molar-refractivity contribution is 6.04. The minimum atomic E-state index is -0.0210. The Balaban J connectivity index is 1.30. The molecule has 0 fully saturated rings. The first-order valence-electron chi connectivity index (χ1n) is 17.8. The van der Waals surface area contributed by atoms with Crippen LogP contribution in [0.4, 0.5) is 22.7 Å². The average molecular weight is 687 g/mol. The van der Waals surface area contributed by atoms with Crippen molar-refractivity contribution in [3.8, 4) is 35.1 Å². The molecule has 53 heavy (non-hydrogen) atoms. The Bertz CT molecular complexity index is 2460. The van der Waals surface area contributed by atoms with Crippen LogP contribution in [0.3, 0.4) is 0 Å². The van der Waals surface area contributed by atoms with Crippen LogP contribution in [0.15, 0.2) is 157 Å². The molecule has 0 amide bonds. The van der Waals surface area contributed by atoms with E-state index < -0.39 is 0 Å². The Morgan fingerprint density at radius 1 is 0.566 bits per heavy atom. The first-order chi connectivity index (χ1) is 26.0. The minimum Gasteiger partial charge on any atom is -0.453 e. The summed E-state index contributed by atoms with van der Waals surface area (Å²) in [5.74, 6) is 3.23. The highest BCUT2D eigenvalue weighted by Gasteiger charge is 2.41. The summed E-state index contributed by atoms with van der Waals surface area (Å²) >= 11 is 0. The Morgan fingerprint density at radius 3 is 1.45 bits per heavy atom. The molecule has 3 aliphatic rings. The second-order valence-electron chi connectivity index (χ2n) is 13.6. The van der Waals surface area contributed by atoms with Crippen molar-refractivity contribution in [3.63, 3.8) is 0 Å². The van der Waals surface area contributed by atoms with Crippen LogP contribution in [-0.4, -0.2) is 6.54 Å². The van der Waals surface area contributed by atoms with Crippen molar-refractivity contribution < 1.29 is 9.47 Å². The summed E-state index contributed by atoms with van der Waals surface area (Å²) in [5.41, 5.74) is 11.8. The second-order valence-corrected chi connectivity index (χ2v) is 13.6. The summed E-state index contributed by atoms with van der Waals surface area (Å²) in [6.07, 6.45) is 0. The van der Waals surface area contributed by atoms with Gasteiger partial charge in [0.15, 0.2) is 23.0 Å². The predicted molar refractivity (Wildman–Crippen MR) is 210 cm³/mol. The first-order valence-corrected chi connectivity index (χ1v) is 17.8. The van der Waals surface area contributed by atoms with E-state index in [-0.39, 0.29) is 11.8 Å². The van der Waals surface area contributed by atoms with Crippen LogP contribution in [0.2, 0.25) is 0 Å². The molecule has 0 saturated carbocycles. The molecule has 2 aliphatic heterocycles. The lowest BCUT2D eigenvalue weighted by Gasteiger charge is -2.36. The summed E-state index contributed by atoms with van der Waals surface area (Å²) in [6, 6.07) is 53.3. The smallest absolute Gasteiger partial charge is 0.151 e. The van der Waals surface area contributed by atoms with Gasteiger partial charge < -0.3 is 19.3 Å². The second kappa shape index (κ2) is 12.9. The summed E-state index contributed by atoms with van der Waals surface area (Å²) in [6.45, 7) is 5.31. The molecule has 0 saturated heterocycles. The Morgan fingerprint density at radius 2 is 0.981 bits per heavy atom. The van der Waals surface area contributed by atoms with Gasteiger partial charge in [-0.05, 0) is 101 Å². The Hall–Kier alpha value is -7.02. The van der Waals surface area contributed by atoms with Crippen LogP contribution >= 0.6 is 0 Å². The van der Waals surface area contributed by atoms with E-state index in [4.69, 9.17) is 9.47 Å². The fourth-order valence-electron chi connectivity index (χ4n) is 8.18. The number of ether oxygens (including phenoxy) is 2. The monoisotopic (exact) mass is 686 g/mol. The van der Waals surface area contributed by atoms with E-state index >= 15 is 0 Å². The average Bonchev–Trinajstić information content (AvgIpc) is 3.51. The standard InChI is InChI=1S/C47H34N4O2/c1-30(29-50-36-11-3-7-15-40(36)52-41-16-8-4-12-37(41)50)44-31(2)45(34-23-19-32(27-48)20-24-34)47(46(44)35-25-21-33(28-49)22-26-35)51-38-13-5-9-17-42(38)53-43-18-10-6-14-39(43)51/h3-26,30-31H,29H2,1-2H3/t30-,31?/m1/s1. The summed E-state index contributed by atoms with van der Waals surface area (Å²) in [5, 5.41) is 19.5. The molecule has 9 rings (SSSR count). The van der Waals surface area contributed by atoms with Gasteiger partial charge in [0.25, 0.3) is 0 Å². The van der Waals surface area contributed by atoms with Gasteiger partial charge in [0.1, 0.15) is 0 Å². The molecule has 254 valence electrons. The van der Waals surface area contributed by atoms with Crippen LogP contribution in [0.1, 0.15) is 36.1 Å². The fourth-order valence-corrected chi connectivity index (χ4v) is 8.18. The van der Waals surface area contributed by atoms with Gasteiger partial charge in [-0.15, -0.1) is 0 Å². The van der Waals surface area contributed by atoms with E-state index in [1.807, 2.05) is 84.9 Å². The lowest BCUT2D eigenvalue weighted by Crippen LogP contribution is -2.28. The molecule has 6 nitrogen and oxygen atoms in total. The molecular formula is C47H34N4O2. The number of para-hydroxylation sites is 8. The van der Waals surface area contributed by atoms with Crippen molar-refractivity contribution in [1.82, 2.24) is 0 Å². The van der Waals surface area contributed by atoms with Gasteiger partial charge in [-0.25, -0.2) is 0 Å². The molecule has 6 heteroatoms. The van der Waals surface area contributed by atoms with Gasteiger partial charge in [-0.3, -0.25) is 0 Å². The van der Waals surface area contributed by atoms with E-state index in [1.165, 1.54) is 5.57 Å². The van der Waals surface area contributed by atoms with Crippen LogP contribution < -0.4 is 19.3 Å². The van der Waals surface area contributed by atoms with E-state index in [0.29, 0.717) is 17.7 Å². The minimum absolute atomic E-state index is 0.0210. The topological polar surface area (TPSA) is 72.5 Å². The molecule has 6 aromatic carbocycles. The van der Waals surface area contributed by atoms with E-state index in [2.05, 4.69) is 96.4 Å². The number of anilines is 4. The zero-order valence-corrected chi connectivity index (χ0v) is 29.3. The molecule has 0 N–H and O–H groups in total. The van der Waals surface area contributed by atoms with Crippen molar-refractivity contribution >= 4 is 33.9 Å². The summed E-state index contributed by atoms with van der Waals surface area (Å²) in [4.78, 5) is 4.73. The quantitative estimate of drug-likeness (QED) is 0.174. The summed E-state index contributed by atoms with van der Waals surface area (Å²) in [7, 11) is 0. The van der Waals surface area contributed by atoms with E-state index in [1.54, 1.807) is 0 Å². The van der Waals surface area contributed by atoms with E-state index in [9.17, 15) is 10.5 Å². The first kappa shape index (κ1) is 31.9. The van der Waals surface area contributed by atoms with Crippen LogP contribution in [0, 0.1) is 34.5 Å². The van der Waals surface area contributed by atoms with Gasteiger partial charge in [-0.1, -0.05) is 86.6 Å². The van der Waals surface area contributed by atoms with Gasteiger partial charge in [0, 0.05) is 18.0 Å². The molecule has 0 spiro atoms. The van der Waals surface area contributed by atoms with Gasteiger partial charge in [0.2, 0.25) is 0 Å². The third-order valence-corrected chi connectivity index (χ3v) is 10.5. The molecule has 2 atom stereocenters. The highest BCUT2D eigenvalue weighted by Crippen LogP contribution is 2.58. The maximum Gasteiger partial charge on any atom is 0.151 e. The SMILES string of the molecule is CC1C(c2ccc(C#N)cc2)=C(N2c3ccccc3Oc3ccccc32)C(c2ccc(C#N)cc2)=C1[C@H](C)CN1c2ccccc2Oc2ccccc21. The number of allylic oxidation sites excluding steroid dienone is 2. The van der Waals surface area contributed by atoms with Gasteiger partial charge in [-0.2, -0.15) is 10.5 Å². The largest absolute Gasteiger partial charge is 0.453 e. The molecule has 1 unspecified atom stereocenters. The van der Waals surface area contributed by atoms with Crippen molar-refractivity contribution in [2.24, 2.45) is 11.8 Å². The van der Waals surface area contributed by atoms with Gasteiger partial charge >= 0.3 is 0 Å². The zero-order valence-electron chi connectivity index (χ0n) is 29.3. The third kappa shape index (κ3) is 5.32. The number of fused-ring (bicyclic) bond motifs is 4. The maximum atomic E-state index is 9.79. The van der Waals surface area contributed by atoms with Gasteiger partial charge in [0.05, 0.1) is 51.7 Å². The highest BCUT2D eigenvalue weighted by atomic mass is 16.5. The lowest BCUT2D eigenvalue weighted by molar-refractivity contribution is 0.469. The summed E-state index contributed by atoms with van der Waals surface area (Å²) < 4.78 is 12.9. The Labute approximate surface area is 309 Å². The molecule has 0 radical (unpaired) electrons. The number of hydrogen-bond donors (Lipinski definition) is 0. The van der Waals surface area contributed by atoms with E-state index in [0.717, 1.165) is 73.7 Å². The van der Waals surface area contributed by atoms with Crippen LogP contribution in [-0.2, 0) is 0 Å². The number of nitrogens with zero attached hydrogens (tertiary/aromatic N) is 4. The molecule has 0 aromatic heterocycles. The molecule has 2 heterocycles. The van der Waals surface area contributed by atoms with Crippen LogP contribution in [0.5, 0.6) is 23.0 Å². The van der Waals surface area contributed by atoms with Crippen molar-refractivity contribution in [2.75, 3.05) is 16.3 Å². The zero-order chi connectivity index (χ0) is 36.1. The lowest BCUT2D eigenvalue weighted by atomic mass is 9.84. The predicted octanol–water partition coefficient (Wildman–Crippen LogP) is 11.8. The number of rotatable bonds is 6. The molecule has 6 aromatic rings. The molecule has 1 aliphatic carbocycles. The maximum absolute atomic E-state index is 9.79. The number of benzene rings is 6. The third-order valence-electron chi connectivity index (χ3n) is 10.5. The van der Waals surface area contributed by atoms with Crippen molar-refractivity contribution in [1.29, 1.82) is 10.5 Å². The Kier molecular flexibility index (Phi) is 7.80. The fraction of sp³-hybridized carbons (Fsp3) is 0.106. The van der Waals surface area contributed by atoms with Crippen molar-refractivity contribution in [3.05, 3.63) is 179 Å². The number of nitriles is 2. The number of hydrogen-bond acceptors (Lipinski definition) is 6. The normalized spacial score (nSPS) is 16.0. The molecular weight excluding hydrogens is 653 g/mol. The molecule has 0 bridgehead atoms. The van der Waals surface area contributed by atoms with Crippen molar-refractivity contribution in [2.45, 2.75) is 13.8 Å². The van der Waals surface area contributed by atoms with Crippen LogP contribution in [0.25, 0.3) is 11.1 Å².